The van der Waals surface area contributed by atoms with Crippen LogP contribution in [0.1, 0.15) is 37.8 Å². The van der Waals surface area contributed by atoms with Gasteiger partial charge in [-0.15, -0.1) is 11.8 Å². The number of unbranched alkanes of at least 4 members (excludes halogenated alkanes) is 1. The quantitative estimate of drug-likeness (QED) is 0.592. The molecule has 2 rings (SSSR count). The molecule has 0 unspecified atom stereocenters. The number of carbonyl (C=O) groups is 3. The molecule has 2 amide bonds. The summed E-state index contributed by atoms with van der Waals surface area (Å²) in [6, 6.07) is 2.79. The standard InChI is InChI=1S/C16H22N2O5S/c1-3-4-7-17-14(20)9-23-16(21)12-10-24-15(18(12)11(2)19)13-6-5-8-22-13/h5-6,8,12,15H,3-4,7,9-10H2,1-2H3,(H,17,20)/t12-,15-/m0/s1. The first-order chi connectivity index (χ1) is 11.5. The Morgan fingerprint density at radius 1 is 1.46 bits per heavy atom. The molecule has 1 saturated heterocycles. The summed E-state index contributed by atoms with van der Waals surface area (Å²) in [5.74, 6) is -0.128. The van der Waals surface area contributed by atoms with Crippen molar-refractivity contribution in [3.05, 3.63) is 24.2 Å². The van der Waals surface area contributed by atoms with Gasteiger partial charge in [-0.05, 0) is 18.6 Å². The van der Waals surface area contributed by atoms with E-state index in [4.69, 9.17) is 9.15 Å². The first-order valence-electron chi connectivity index (χ1n) is 7.91. The molecule has 1 fully saturated rings. The van der Waals surface area contributed by atoms with Gasteiger partial charge < -0.3 is 19.4 Å². The van der Waals surface area contributed by atoms with Crippen molar-refractivity contribution in [3.63, 3.8) is 0 Å². The van der Waals surface area contributed by atoms with Gasteiger partial charge in [-0.1, -0.05) is 13.3 Å². The maximum Gasteiger partial charge on any atom is 0.330 e. The van der Waals surface area contributed by atoms with Gasteiger partial charge in [0.2, 0.25) is 5.91 Å². The first kappa shape index (κ1) is 18.4. The molecule has 1 aliphatic heterocycles. The highest BCUT2D eigenvalue weighted by Crippen LogP contribution is 2.41. The monoisotopic (exact) mass is 354 g/mol. The van der Waals surface area contributed by atoms with Gasteiger partial charge in [-0.3, -0.25) is 9.59 Å². The van der Waals surface area contributed by atoms with Crippen molar-refractivity contribution in [1.82, 2.24) is 10.2 Å². The van der Waals surface area contributed by atoms with E-state index in [0.29, 0.717) is 18.1 Å². The number of carbonyl (C=O) groups excluding carboxylic acids is 3. The molecule has 2 heterocycles. The number of thioether (sulfide) groups is 1. The van der Waals surface area contributed by atoms with Crippen LogP contribution in [0.4, 0.5) is 0 Å². The van der Waals surface area contributed by atoms with Gasteiger partial charge in [0.1, 0.15) is 17.2 Å². The van der Waals surface area contributed by atoms with Crippen LogP contribution in [-0.4, -0.2) is 47.6 Å². The molecular formula is C16H22N2O5S. The van der Waals surface area contributed by atoms with Crippen molar-refractivity contribution in [2.45, 2.75) is 38.1 Å². The number of hydrogen-bond acceptors (Lipinski definition) is 6. The molecule has 8 heteroatoms. The normalized spacial score (nSPS) is 20.0. The lowest BCUT2D eigenvalue weighted by Gasteiger charge is -2.25. The lowest BCUT2D eigenvalue weighted by atomic mass is 10.2. The fourth-order valence-electron chi connectivity index (χ4n) is 2.41. The molecule has 1 N–H and O–H groups in total. The maximum atomic E-state index is 12.3. The van der Waals surface area contributed by atoms with Gasteiger partial charge in [0, 0.05) is 19.2 Å². The fraction of sp³-hybridized carbons (Fsp3) is 0.562. The van der Waals surface area contributed by atoms with Crippen LogP contribution < -0.4 is 5.32 Å². The smallest absolute Gasteiger partial charge is 0.330 e. The molecule has 7 nitrogen and oxygen atoms in total. The van der Waals surface area contributed by atoms with E-state index in [-0.39, 0.29) is 23.8 Å². The third-order valence-corrected chi connectivity index (χ3v) is 4.90. The number of nitrogens with zero attached hydrogens (tertiary/aromatic N) is 1. The van der Waals surface area contributed by atoms with Crippen LogP contribution in [0.25, 0.3) is 0 Å². The zero-order chi connectivity index (χ0) is 17.5. The zero-order valence-electron chi connectivity index (χ0n) is 13.8. The fourth-order valence-corrected chi connectivity index (χ4v) is 3.83. The maximum absolute atomic E-state index is 12.3. The Kier molecular flexibility index (Phi) is 6.72. The number of amides is 2. The summed E-state index contributed by atoms with van der Waals surface area (Å²) in [4.78, 5) is 37.3. The second-order valence-electron chi connectivity index (χ2n) is 5.45. The molecule has 0 radical (unpaired) electrons. The van der Waals surface area contributed by atoms with Gasteiger partial charge in [0.25, 0.3) is 5.91 Å². The third kappa shape index (κ3) is 4.53. The van der Waals surface area contributed by atoms with Crippen LogP contribution in [-0.2, 0) is 19.1 Å². The summed E-state index contributed by atoms with van der Waals surface area (Å²) in [7, 11) is 0. The van der Waals surface area contributed by atoms with Gasteiger partial charge in [-0.2, -0.15) is 0 Å². The summed E-state index contributed by atoms with van der Waals surface area (Å²) in [5, 5.41) is 2.32. The van der Waals surface area contributed by atoms with Crippen molar-refractivity contribution in [2.24, 2.45) is 0 Å². The largest absolute Gasteiger partial charge is 0.466 e. The minimum absolute atomic E-state index is 0.240. The summed E-state index contributed by atoms with van der Waals surface area (Å²) < 4.78 is 10.4. The van der Waals surface area contributed by atoms with E-state index in [1.165, 1.54) is 29.8 Å². The highest BCUT2D eigenvalue weighted by molar-refractivity contribution is 7.99. The Balaban J connectivity index is 1.91. The van der Waals surface area contributed by atoms with E-state index in [9.17, 15) is 14.4 Å². The average Bonchev–Trinajstić information content (AvgIpc) is 3.21. The molecular weight excluding hydrogens is 332 g/mol. The van der Waals surface area contributed by atoms with Crippen LogP contribution in [0, 0.1) is 0 Å². The predicted octanol–water partition coefficient (Wildman–Crippen LogP) is 1.70. The number of ether oxygens (including phenoxy) is 1. The molecule has 24 heavy (non-hydrogen) atoms. The molecule has 0 aromatic carbocycles. The van der Waals surface area contributed by atoms with Gasteiger partial charge >= 0.3 is 5.97 Å². The molecule has 132 valence electrons. The van der Waals surface area contributed by atoms with Crippen LogP contribution in [0.15, 0.2) is 22.8 Å². The Bertz CT molecular complexity index is 575. The summed E-state index contributed by atoms with van der Waals surface area (Å²) in [6.45, 7) is 3.66. The number of furan rings is 1. The van der Waals surface area contributed by atoms with E-state index in [1.807, 2.05) is 6.92 Å². The zero-order valence-corrected chi connectivity index (χ0v) is 14.6. The average molecular weight is 354 g/mol. The second-order valence-corrected chi connectivity index (χ2v) is 6.57. The Hall–Kier alpha value is -1.96. The van der Waals surface area contributed by atoms with E-state index < -0.39 is 12.0 Å². The van der Waals surface area contributed by atoms with Crippen molar-refractivity contribution in [2.75, 3.05) is 18.9 Å². The highest BCUT2D eigenvalue weighted by atomic mass is 32.2. The molecule has 1 aromatic rings. The lowest BCUT2D eigenvalue weighted by molar-refractivity contribution is -0.156. The summed E-state index contributed by atoms with van der Waals surface area (Å²) in [5.41, 5.74) is 0. The molecule has 0 bridgehead atoms. The van der Waals surface area contributed by atoms with Gasteiger partial charge in [0.05, 0.1) is 6.26 Å². The van der Waals surface area contributed by atoms with Crippen molar-refractivity contribution >= 4 is 29.5 Å². The van der Waals surface area contributed by atoms with E-state index in [2.05, 4.69) is 5.32 Å². The van der Waals surface area contributed by atoms with Gasteiger partial charge in [-0.25, -0.2) is 4.79 Å². The number of rotatable bonds is 7. The molecule has 0 spiro atoms. The molecule has 0 saturated carbocycles. The predicted molar refractivity (Wildman–Crippen MR) is 89.1 cm³/mol. The van der Waals surface area contributed by atoms with E-state index in [0.717, 1.165) is 12.8 Å². The summed E-state index contributed by atoms with van der Waals surface area (Å²) >= 11 is 1.43. The van der Waals surface area contributed by atoms with Crippen molar-refractivity contribution in [1.29, 1.82) is 0 Å². The number of nitrogens with one attached hydrogen (secondary N) is 1. The first-order valence-corrected chi connectivity index (χ1v) is 8.96. The highest BCUT2D eigenvalue weighted by Gasteiger charge is 2.43. The molecule has 2 atom stereocenters. The van der Waals surface area contributed by atoms with E-state index >= 15 is 0 Å². The SMILES string of the molecule is CCCCNC(=O)COC(=O)[C@@H]1CS[C@@H](c2ccco2)N1C(C)=O. The van der Waals surface area contributed by atoms with Crippen LogP contribution in [0.3, 0.4) is 0 Å². The Labute approximate surface area is 145 Å². The van der Waals surface area contributed by atoms with Crippen LogP contribution in [0.2, 0.25) is 0 Å². The van der Waals surface area contributed by atoms with Crippen molar-refractivity contribution < 1.29 is 23.5 Å². The van der Waals surface area contributed by atoms with Crippen LogP contribution in [0.5, 0.6) is 0 Å². The van der Waals surface area contributed by atoms with Crippen molar-refractivity contribution in [3.8, 4) is 0 Å². The molecule has 1 aromatic heterocycles. The van der Waals surface area contributed by atoms with Gasteiger partial charge in [0.15, 0.2) is 6.61 Å². The molecule has 1 aliphatic rings. The minimum Gasteiger partial charge on any atom is -0.466 e. The third-order valence-electron chi connectivity index (χ3n) is 3.62. The minimum atomic E-state index is -0.717. The van der Waals surface area contributed by atoms with E-state index in [1.54, 1.807) is 12.1 Å². The second kappa shape index (κ2) is 8.77. The number of esters is 1. The topological polar surface area (TPSA) is 88.8 Å². The Morgan fingerprint density at radius 2 is 2.25 bits per heavy atom. The number of hydrogen-bond donors (Lipinski definition) is 1. The van der Waals surface area contributed by atoms with Crippen LogP contribution >= 0.6 is 11.8 Å². The summed E-state index contributed by atoms with van der Waals surface area (Å²) in [6.07, 6.45) is 3.38. The Morgan fingerprint density at radius 3 is 2.88 bits per heavy atom. The lowest BCUT2D eigenvalue weighted by Crippen LogP contribution is -2.43. The molecule has 0 aliphatic carbocycles.